The Bertz CT molecular complexity index is 127. The van der Waals surface area contributed by atoms with Crippen molar-refractivity contribution in [1.29, 1.82) is 0 Å². The number of hydrogen-bond donors (Lipinski definition) is 1. The van der Waals surface area contributed by atoms with Gasteiger partial charge in [0.05, 0.1) is 11.7 Å². The molecule has 0 spiro atoms. The first kappa shape index (κ1) is 12.9. The van der Waals surface area contributed by atoms with E-state index in [1.807, 2.05) is 20.8 Å². The Morgan fingerprint density at radius 3 is 2.15 bits per heavy atom. The maximum absolute atomic E-state index is 9.69. The summed E-state index contributed by atoms with van der Waals surface area (Å²) in [5, 5.41) is 9.69. The van der Waals surface area contributed by atoms with Crippen LogP contribution < -0.4 is 0 Å². The lowest BCUT2D eigenvalue weighted by atomic mass is 9.88. The van der Waals surface area contributed by atoms with Crippen molar-refractivity contribution < 1.29 is 9.84 Å². The predicted octanol–water partition coefficient (Wildman–Crippen LogP) is 2.60. The first-order chi connectivity index (χ1) is 5.88. The van der Waals surface area contributed by atoms with E-state index in [0.717, 1.165) is 19.4 Å². The van der Waals surface area contributed by atoms with Gasteiger partial charge >= 0.3 is 0 Å². The summed E-state index contributed by atoms with van der Waals surface area (Å²) in [6, 6.07) is 0. The summed E-state index contributed by atoms with van der Waals surface area (Å²) < 4.78 is 5.42. The summed E-state index contributed by atoms with van der Waals surface area (Å²) >= 11 is 0. The lowest BCUT2D eigenvalue weighted by Gasteiger charge is -2.26. The average Bonchev–Trinajstić information content (AvgIpc) is 1.99. The summed E-state index contributed by atoms with van der Waals surface area (Å²) in [5.41, 5.74) is -0.564. The smallest absolute Gasteiger partial charge is 0.0617 e. The molecule has 0 aliphatic rings. The first-order valence-corrected chi connectivity index (χ1v) is 5.21. The Kier molecular flexibility index (Phi) is 5.57. The van der Waals surface area contributed by atoms with Crippen LogP contribution in [0.25, 0.3) is 0 Å². The Morgan fingerprint density at radius 2 is 1.77 bits per heavy atom. The van der Waals surface area contributed by atoms with E-state index in [4.69, 9.17) is 4.74 Å². The Morgan fingerprint density at radius 1 is 1.23 bits per heavy atom. The van der Waals surface area contributed by atoms with E-state index < -0.39 is 5.60 Å². The molecule has 2 heteroatoms. The third-order valence-electron chi connectivity index (χ3n) is 2.66. The molecule has 2 unspecified atom stereocenters. The van der Waals surface area contributed by atoms with Crippen LogP contribution in [0.2, 0.25) is 0 Å². The highest BCUT2D eigenvalue weighted by Gasteiger charge is 2.22. The molecule has 0 aromatic rings. The van der Waals surface area contributed by atoms with Crippen LogP contribution in [0, 0.1) is 5.92 Å². The second-order valence-electron chi connectivity index (χ2n) is 4.40. The first-order valence-electron chi connectivity index (χ1n) is 5.21. The molecule has 80 valence electrons. The van der Waals surface area contributed by atoms with Crippen LogP contribution in [0.4, 0.5) is 0 Å². The van der Waals surface area contributed by atoms with Crippen LogP contribution in [-0.4, -0.2) is 23.4 Å². The van der Waals surface area contributed by atoms with Gasteiger partial charge in [-0.1, -0.05) is 6.92 Å². The molecule has 0 aromatic heterocycles. The van der Waals surface area contributed by atoms with Crippen LogP contribution in [-0.2, 0) is 4.74 Å². The molecular weight excluding hydrogens is 164 g/mol. The molecule has 0 bridgehead atoms. The molecule has 0 rings (SSSR count). The fraction of sp³-hybridized carbons (Fsp3) is 1.00. The normalized spacial score (nSPS) is 17.1. The van der Waals surface area contributed by atoms with Crippen molar-refractivity contribution in [1.82, 2.24) is 0 Å². The third-order valence-corrected chi connectivity index (χ3v) is 2.66. The molecule has 0 heterocycles. The van der Waals surface area contributed by atoms with Crippen LogP contribution in [0.3, 0.4) is 0 Å². The van der Waals surface area contributed by atoms with Gasteiger partial charge in [-0.3, -0.25) is 0 Å². The van der Waals surface area contributed by atoms with E-state index in [1.54, 1.807) is 0 Å². The molecule has 0 aromatic carbocycles. The fourth-order valence-corrected chi connectivity index (χ4v) is 1.21. The fourth-order valence-electron chi connectivity index (χ4n) is 1.21. The highest BCUT2D eigenvalue weighted by molar-refractivity contribution is 4.73. The molecule has 0 saturated heterocycles. The van der Waals surface area contributed by atoms with Crippen molar-refractivity contribution in [3.63, 3.8) is 0 Å². The summed E-state index contributed by atoms with van der Waals surface area (Å²) in [6.07, 6.45) is 2.36. The van der Waals surface area contributed by atoms with Crippen molar-refractivity contribution in [2.24, 2.45) is 5.92 Å². The highest BCUT2D eigenvalue weighted by atomic mass is 16.5. The van der Waals surface area contributed by atoms with E-state index in [9.17, 15) is 5.11 Å². The van der Waals surface area contributed by atoms with Gasteiger partial charge in [0.15, 0.2) is 0 Å². The molecule has 0 radical (unpaired) electrons. The summed E-state index contributed by atoms with van der Waals surface area (Å²) in [7, 11) is 0. The van der Waals surface area contributed by atoms with E-state index in [0.29, 0.717) is 12.0 Å². The molecule has 2 nitrogen and oxygen atoms in total. The van der Waals surface area contributed by atoms with Gasteiger partial charge in [-0.25, -0.2) is 0 Å². The maximum Gasteiger partial charge on any atom is 0.0617 e. The zero-order chi connectivity index (χ0) is 10.5. The second-order valence-corrected chi connectivity index (χ2v) is 4.40. The van der Waals surface area contributed by atoms with Crippen molar-refractivity contribution in [2.45, 2.75) is 59.2 Å². The standard InChI is InChI=1S/C11H24O2/c1-6-13-10(3)8-7-9(2)11(4,5)12/h9-10,12H,6-8H2,1-5H3. The SMILES string of the molecule is CCOC(C)CCC(C)C(C)(C)O. The molecule has 0 aliphatic carbocycles. The monoisotopic (exact) mass is 188 g/mol. The van der Waals surface area contributed by atoms with Crippen molar-refractivity contribution in [3.05, 3.63) is 0 Å². The quantitative estimate of drug-likeness (QED) is 0.694. The van der Waals surface area contributed by atoms with Gasteiger partial charge in [-0.15, -0.1) is 0 Å². The molecule has 0 aliphatic heterocycles. The Hall–Kier alpha value is -0.0800. The van der Waals surface area contributed by atoms with E-state index in [-0.39, 0.29) is 0 Å². The molecule has 0 fully saturated rings. The van der Waals surface area contributed by atoms with Gasteiger partial charge in [0, 0.05) is 6.61 Å². The molecule has 13 heavy (non-hydrogen) atoms. The van der Waals surface area contributed by atoms with Gasteiger partial charge in [-0.2, -0.15) is 0 Å². The lowest BCUT2D eigenvalue weighted by molar-refractivity contribution is 0.00831. The number of aliphatic hydroxyl groups is 1. The highest BCUT2D eigenvalue weighted by Crippen LogP contribution is 2.21. The number of ether oxygens (including phenoxy) is 1. The predicted molar refractivity (Wildman–Crippen MR) is 55.8 cm³/mol. The van der Waals surface area contributed by atoms with Crippen LogP contribution in [0.5, 0.6) is 0 Å². The average molecular weight is 188 g/mol. The number of hydrogen-bond acceptors (Lipinski definition) is 2. The van der Waals surface area contributed by atoms with Crippen LogP contribution in [0.1, 0.15) is 47.5 Å². The topological polar surface area (TPSA) is 29.5 Å². The van der Waals surface area contributed by atoms with E-state index in [2.05, 4.69) is 13.8 Å². The third kappa shape index (κ3) is 6.05. The van der Waals surface area contributed by atoms with E-state index in [1.165, 1.54) is 0 Å². The largest absolute Gasteiger partial charge is 0.390 e. The minimum atomic E-state index is -0.564. The number of rotatable bonds is 6. The molecule has 0 saturated carbocycles. The van der Waals surface area contributed by atoms with Gasteiger partial charge in [-0.05, 0) is 46.5 Å². The molecule has 2 atom stereocenters. The summed E-state index contributed by atoms with van der Waals surface area (Å²) in [4.78, 5) is 0. The molecular formula is C11H24O2. The van der Waals surface area contributed by atoms with Gasteiger partial charge in [0.25, 0.3) is 0 Å². The molecule has 1 N–H and O–H groups in total. The van der Waals surface area contributed by atoms with Crippen molar-refractivity contribution in [3.8, 4) is 0 Å². The zero-order valence-electron chi connectivity index (χ0n) is 9.63. The minimum absolute atomic E-state index is 0.315. The van der Waals surface area contributed by atoms with Crippen molar-refractivity contribution in [2.75, 3.05) is 6.61 Å². The Labute approximate surface area is 82.3 Å². The summed E-state index contributed by atoms with van der Waals surface area (Å²) in [5.74, 6) is 0.329. The van der Waals surface area contributed by atoms with Crippen LogP contribution in [0.15, 0.2) is 0 Å². The van der Waals surface area contributed by atoms with Gasteiger partial charge in [0.1, 0.15) is 0 Å². The van der Waals surface area contributed by atoms with Crippen LogP contribution >= 0.6 is 0 Å². The zero-order valence-corrected chi connectivity index (χ0v) is 9.63. The molecule has 0 amide bonds. The second kappa shape index (κ2) is 5.61. The Balaban J connectivity index is 3.63. The minimum Gasteiger partial charge on any atom is -0.390 e. The summed E-state index contributed by atoms with van der Waals surface area (Å²) in [6.45, 7) is 10.7. The maximum atomic E-state index is 9.69. The lowest BCUT2D eigenvalue weighted by Crippen LogP contribution is -2.29. The van der Waals surface area contributed by atoms with Gasteiger partial charge in [0.2, 0.25) is 0 Å². The van der Waals surface area contributed by atoms with Gasteiger partial charge < -0.3 is 9.84 Å². The van der Waals surface area contributed by atoms with E-state index >= 15 is 0 Å². The van der Waals surface area contributed by atoms with Crippen molar-refractivity contribution >= 4 is 0 Å².